The Labute approximate surface area is 107 Å². The van der Waals surface area contributed by atoms with Gasteiger partial charge in [0.05, 0.1) is 13.2 Å². The number of unbranched alkanes of at least 4 members (excludes halogenated alkanes) is 3. The predicted octanol–water partition coefficient (Wildman–Crippen LogP) is 3.23. The third-order valence-electron chi connectivity index (χ3n) is 2.77. The molecule has 0 N–H and O–H groups in total. The molecule has 0 amide bonds. The zero-order chi connectivity index (χ0) is 12.9. The van der Waals surface area contributed by atoms with Gasteiger partial charge in [-0.2, -0.15) is 0 Å². The van der Waals surface area contributed by atoms with E-state index in [0.29, 0.717) is 13.2 Å². The summed E-state index contributed by atoms with van der Waals surface area (Å²) in [7, 11) is 0. The minimum absolute atomic E-state index is 0.0642. The van der Waals surface area contributed by atoms with E-state index in [2.05, 4.69) is 25.7 Å². The minimum atomic E-state index is -0.0642. The second-order valence-electron chi connectivity index (χ2n) is 4.56. The van der Waals surface area contributed by atoms with Gasteiger partial charge in [-0.3, -0.25) is 9.69 Å². The number of esters is 1. The maximum atomic E-state index is 11.6. The second kappa shape index (κ2) is 11.9. The molecule has 0 bridgehead atoms. The van der Waals surface area contributed by atoms with Crippen LogP contribution >= 0.6 is 0 Å². The molecular weight excluding hydrogens is 214 g/mol. The van der Waals surface area contributed by atoms with E-state index in [4.69, 9.17) is 4.74 Å². The van der Waals surface area contributed by atoms with Crippen LogP contribution in [0.3, 0.4) is 0 Å². The quantitative estimate of drug-likeness (QED) is 0.412. The molecule has 102 valence electrons. The van der Waals surface area contributed by atoms with Gasteiger partial charge in [0.2, 0.25) is 0 Å². The van der Waals surface area contributed by atoms with E-state index >= 15 is 0 Å². The van der Waals surface area contributed by atoms with Crippen LogP contribution in [0.5, 0.6) is 0 Å². The summed E-state index contributed by atoms with van der Waals surface area (Å²) in [5, 5.41) is 0. The molecule has 0 radical (unpaired) electrons. The molecule has 3 heteroatoms. The number of nitrogens with zero attached hydrogens (tertiary/aromatic N) is 1. The molecule has 0 heterocycles. The van der Waals surface area contributed by atoms with Crippen LogP contribution in [0, 0.1) is 0 Å². The predicted molar refractivity (Wildman–Crippen MR) is 72.1 cm³/mol. The van der Waals surface area contributed by atoms with E-state index in [1.165, 1.54) is 12.8 Å². The highest BCUT2D eigenvalue weighted by Crippen LogP contribution is 2.00. The lowest BCUT2D eigenvalue weighted by atomic mass is 10.2. The van der Waals surface area contributed by atoms with Crippen LogP contribution < -0.4 is 0 Å². The smallest absolute Gasteiger partial charge is 0.320 e. The summed E-state index contributed by atoms with van der Waals surface area (Å²) in [6, 6.07) is 0. The highest BCUT2D eigenvalue weighted by molar-refractivity contribution is 5.71. The first-order valence-corrected chi connectivity index (χ1v) is 7.12. The van der Waals surface area contributed by atoms with Crippen LogP contribution in [-0.2, 0) is 9.53 Å². The van der Waals surface area contributed by atoms with Gasteiger partial charge < -0.3 is 4.74 Å². The third kappa shape index (κ3) is 10.3. The van der Waals surface area contributed by atoms with E-state index in [9.17, 15) is 4.79 Å². The van der Waals surface area contributed by atoms with E-state index in [-0.39, 0.29) is 5.97 Å². The topological polar surface area (TPSA) is 29.5 Å². The van der Waals surface area contributed by atoms with Crippen molar-refractivity contribution >= 4 is 5.97 Å². The van der Waals surface area contributed by atoms with Crippen molar-refractivity contribution in [1.82, 2.24) is 4.90 Å². The van der Waals surface area contributed by atoms with Gasteiger partial charge in [-0.05, 0) is 32.4 Å². The molecule has 0 spiro atoms. The van der Waals surface area contributed by atoms with Crippen molar-refractivity contribution in [2.45, 2.75) is 59.3 Å². The van der Waals surface area contributed by atoms with Crippen molar-refractivity contribution < 1.29 is 9.53 Å². The Morgan fingerprint density at radius 2 is 1.47 bits per heavy atom. The maximum Gasteiger partial charge on any atom is 0.320 e. The second-order valence-corrected chi connectivity index (χ2v) is 4.56. The fourth-order valence-corrected chi connectivity index (χ4v) is 1.59. The first-order chi connectivity index (χ1) is 8.24. The van der Waals surface area contributed by atoms with Gasteiger partial charge in [0.15, 0.2) is 0 Å². The van der Waals surface area contributed by atoms with Crippen molar-refractivity contribution in [2.75, 3.05) is 26.2 Å². The van der Waals surface area contributed by atoms with Crippen molar-refractivity contribution in [2.24, 2.45) is 0 Å². The molecule has 0 fully saturated rings. The molecule has 0 aliphatic rings. The molecule has 0 rings (SSSR count). The van der Waals surface area contributed by atoms with Crippen molar-refractivity contribution in [3.63, 3.8) is 0 Å². The SMILES string of the molecule is CCCCOC(=O)CN(CCCC)CCCC. The van der Waals surface area contributed by atoms with Crippen LogP contribution in [0.2, 0.25) is 0 Å². The van der Waals surface area contributed by atoms with Crippen LogP contribution in [0.1, 0.15) is 59.3 Å². The summed E-state index contributed by atoms with van der Waals surface area (Å²) in [6.45, 7) is 9.52. The fraction of sp³-hybridized carbons (Fsp3) is 0.929. The van der Waals surface area contributed by atoms with Gasteiger partial charge in [0.25, 0.3) is 0 Å². The highest BCUT2D eigenvalue weighted by atomic mass is 16.5. The Morgan fingerprint density at radius 1 is 0.941 bits per heavy atom. The lowest BCUT2D eigenvalue weighted by Crippen LogP contribution is -2.32. The molecule has 0 aliphatic carbocycles. The lowest BCUT2D eigenvalue weighted by Gasteiger charge is -2.20. The van der Waals surface area contributed by atoms with Gasteiger partial charge >= 0.3 is 5.97 Å². The molecule has 0 saturated carbocycles. The Balaban J connectivity index is 3.81. The maximum absolute atomic E-state index is 11.6. The zero-order valence-electron chi connectivity index (χ0n) is 11.8. The molecular formula is C14H29NO2. The average molecular weight is 243 g/mol. The first-order valence-electron chi connectivity index (χ1n) is 7.12. The van der Waals surface area contributed by atoms with Crippen molar-refractivity contribution in [1.29, 1.82) is 0 Å². The van der Waals surface area contributed by atoms with Crippen molar-refractivity contribution in [3.8, 4) is 0 Å². The van der Waals surface area contributed by atoms with Gasteiger partial charge in [-0.25, -0.2) is 0 Å². The molecule has 0 saturated heterocycles. The normalized spacial score (nSPS) is 10.8. The summed E-state index contributed by atoms with van der Waals surface area (Å²) >= 11 is 0. The van der Waals surface area contributed by atoms with E-state index in [0.717, 1.165) is 38.8 Å². The Morgan fingerprint density at radius 3 is 1.94 bits per heavy atom. The van der Waals surface area contributed by atoms with Gasteiger partial charge in [0, 0.05) is 0 Å². The monoisotopic (exact) mass is 243 g/mol. The third-order valence-corrected chi connectivity index (χ3v) is 2.77. The number of rotatable bonds is 11. The molecule has 3 nitrogen and oxygen atoms in total. The Bertz CT molecular complexity index is 175. The molecule has 0 aromatic carbocycles. The molecule has 0 aromatic rings. The Hall–Kier alpha value is -0.570. The number of ether oxygens (including phenoxy) is 1. The van der Waals surface area contributed by atoms with Gasteiger partial charge in [-0.1, -0.05) is 40.0 Å². The molecule has 0 unspecified atom stereocenters. The summed E-state index contributed by atoms with van der Waals surface area (Å²) in [5.74, 6) is -0.0642. The Kier molecular flexibility index (Phi) is 11.5. The average Bonchev–Trinajstić information content (AvgIpc) is 2.33. The standard InChI is InChI=1S/C14H29NO2/c1-4-7-10-15(11-8-5-2)13-14(16)17-12-9-6-3/h4-13H2,1-3H3. The summed E-state index contributed by atoms with van der Waals surface area (Å²) in [6.07, 6.45) is 6.71. The fourth-order valence-electron chi connectivity index (χ4n) is 1.59. The zero-order valence-corrected chi connectivity index (χ0v) is 11.8. The van der Waals surface area contributed by atoms with Crippen LogP contribution in [0.4, 0.5) is 0 Å². The number of hydrogen-bond acceptors (Lipinski definition) is 3. The van der Waals surface area contributed by atoms with Crippen molar-refractivity contribution in [3.05, 3.63) is 0 Å². The van der Waals surface area contributed by atoms with E-state index in [1.807, 2.05) is 0 Å². The van der Waals surface area contributed by atoms with Crippen LogP contribution in [-0.4, -0.2) is 37.1 Å². The molecule has 0 atom stereocenters. The minimum Gasteiger partial charge on any atom is -0.465 e. The lowest BCUT2D eigenvalue weighted by molar-refractivity contribution is -0.145. The van der Waals surface area contributed by atoms with Gasteiger partial charge in [0.1, 0.15) is 0 Å². The first kappa shape index (κ1) is 16.4. The summed E-state index contributed by atoms with van der Waals surface area (Å²) < 4.78 is 5.19. The molecule has 0 aliphatic heterocycles. The van der Waals surface area contributed by atoms with Crippen LogP contribution in [0.15, 0.2) is 0 Å². The molecule has 17 heavy (non-hydrogen) atoms. The van der Waals surface area contributed by atoms with Crippen LogP contribution in [0.25, 0.3) is 0 Å². The number of hydrogen-bond donors (Lipinski definition) is 0. The summed E-state index contributed by atoms with van der Waals surface area (Å²) in [4.78, 5) is 13.8. The largest absolute Gasteiger partial charge is 0.465 e. The van der Waals surface area contributed by atoms with E-state index < -0.39 is 0 Å². The number of carbonyl (C=O) groups excluding carboxylic acids is 1. The molecule has 0 aromatic heterocycles. The summed E-state index contributed by atoms with van der Waals surface area (Å²) in [5.41, 5.74) is 0. The van der Waals surface area contributed by atoms with Gasteiger partial charge in [-0.15, -0.1) is 0 Å². The van der Waals surface area contributed by atoms with E-state index in [1.54, 1.807) is 0 Å². The highest BCUT2D eigenvalue weighted by Gasteiger charge is 2.10. The number of carbonyl (C=O) groups is 1.